The van der Waals surface area contributed by atoms with Crippen molar-refractivity contribution < 1.29 is 25.5 Å². The van der Waals surface area contributed by atoms with Gasteiger partial charge in [0.25, 0.3) is 0 Å². The quantitative estimate of drug-likeness (QED) is 0.591. The van der Waals surface area contributed by atoms with Crippen LogP contribution in [0, 0.1) is 0 Å². The zero-order valence-electron chi connectivity index (χ0n) is 8.70. The Kier molecular flexibility index (Phi) is 2.81. The fourth-order valence-electron chi connectivity index (χ4n) is 1.74. The Labute approximate surface area is 100 Å². The van der Waals surface area contributed by atoms with Crippen LogP contribution in [-0.2, 0) is 16.4 Å². The van der Waals surface area contributed by atoms with Gasteiger partial charge in [0.2, 0.25) is 0 Å². The van der Waals surface area contributed by atoms with Crippen LogP contribution in [0.1, 0.15) is 5.56 Å². The van der Waals surface area contributed by atoms with Crippen LogP contribution >= 0.6 is 0 Å². The van der Waals surface area contributed by atoms with Crippen molar-refractivity contribution in [3.63, 3.8) is 0 Å². The van der Waals surface area contributed by atoms with Gasteiger partial charge in [-0.3, -0.25) is 0 Å². The molecule has 0 radical (unpaired) electrons. The van der Waals surface area contributed by atoms with Crippen molar-refractivity contribution in [1.82, 2.24) is 0 Å². The Balaban J connectivity index is 2.91. The fraction of sp³-hybridized carbons (Fsp3) is 0.0909. The van der Waals surface area contributed by atoms with Crippen LogP contribution in [0.4, 0.5) is 17.1 Å². The maximum absolute atomic E-state index is 13.0. The molecule has 0 atom stereocenters. The Morgan fingerprint density at radius 3 is 2.00 bits per heavy atom. The van der Waals surface area contributed by atoms with Crippen LogP contribution in [0.15, 0.2) is 41.3 Å². The van der Waals surface area contributed by atoms with E-state index in [1.807, 2.05) is 0 Å². The van der Waals surface area contributed by atoms with Gasteiger partial charge in [-0.15, -0.1) is 3.89 Å². The SMILES string of the molecule is O=S(=O)(F)c1cccc2c(C(F)(F)F)cccc12. The number of halogens is 4. The van der Waals surface area contributed by atoms with Gasteiger partial charge in [0.1, 0.15) is 4.90 Å². The molecular formula is C11H6F4O2S. The second-order valence-corrected chi connectivity index (χ2v) is 4.91. The summed E-state index contributed by atoms with van der Waals surface area (Å²) in [6.45, 7) is 0. The molecule has 0 aromatic heterocycles. The molecule has 2 aromatic rings. The van der Waals surface area contributed by atoms with E-state index in [0.717, 1.165) is 36.4 Å². The number of hydrogen-bond acceptors (Lipinski definition) is 2. The first-order valence-corrected chi connectivity index (χ1v) is 6.13. The molecule has 0 saturated carbocycles. The number of hydrogen-bond donors (Lipinski definition) is 0. The summed E-state index contributed by atoms with van der Waals surface area (Å²) in [6.07, 6.45) is -4.63. The molecule has 0 fully saturated rings. The predicted octanol–water partition coefficient (Wildman–Crippen LogP) is 3.52. The lowest BCUT2D eigenvalue weighted by molar-refractivity contribution is -0.136. The van der Waals surface area contributed by atoms with Gasteiger partial charge in [-0.2, -0.15) is 21.6 Å². The normalized spacial score (nSPS) is 12.9. The van der Waals surface area contributed by atoms with E-state index in [0.29, 0.717) is 0 Å². The third kappa shape index (κ3) is 2.17. The Hall–Kier alpha value is -1.63. The lowest BCUT2D eigenvalue weighted by Crippen LogP contribution is -2.06. The first kappa shape index (κ1) is 12.8. The number of fused-ring (bicyclic) bond motifs is 1. The van der Waals surface area contributed by atoms with Crippen molar-refractivity contribution in [2.24, 2.45) is 0 Å². The lowest BCUT2D eigenvalue weighted by atomic mass is 10.0. The van der Waals surface area contributed by atoms with Crippen LogP contribution in [0.25, 0.3) is 10.8 Å². The number of benzene rings is 2. The molecule has 18 heavy (non-hydrogen) atoms. The molecule has 7 heteroatoms. The van der Waals surface area contributed by atoms with E-state index < -0.39 is 26.9 Å². The van der Waals surface area contributed by atoms with E-state index in [-0.39, 0.29) is 10.8 Å². The standard InChI is InChI=1S/C11H6F4O2S/c12-11(13,14)9-5-1-4-8-7(9)3-2-6-10(8)18(15,16)17/h1-6H. The van der Waals surface area contributed by atoms with Crippen LogP contribution in [0.5, 0.6) is 0 Å². The molecule has 0 amide bonds. The van der Waals surface area contributed by atoms with E-state index >= 15 is 0 Å². The fourth-order valence-corrected chi connectivity index (χ4v) is 2.42. The van der Waals surface area contributed by atoms with Crippen molar-refractivity contribution >= 4 is 21.0 Å². The van der Waals surface area contributed by atoms with Gasteiger partial charge >= 0.3 is 16.4 Å². The van der Waals surface area contributed by atoms with E-state index in [2.05, 4.69) is 0 Å². The van der Waals surface area contributed by atoms with Crippen molar-refractivity contribution in [1.29, 1.82) is 0 Å². The summed E-state index contributed by atoms with van der Waals surface area (Å²) in [5, 5.41) is -0.626. The highest BCUT2D eigenvalue weighted by Crippen LogP contribution is 2.36. The topological polar surface area (TPSA) is 34.1 Å². The maximum Gasteiger partial charge on any atom is 0.417 e. The number of alkyl halides is 3. The van der Waals surface area contributed by atoms with E-state index in [4.69, 9.17) is 0 Å². The zero-order chi connectivity index (χ0) is 13.6. The molecule has 2 rings (SSSR count). The third-order valence-electron chi connectivity index (χ3n) is 2.45. The minimum absolute atomic E-state index is 0.283. The average molecular weight is 278 g/mol. The molecule has 0 heterocycles. The smallest absolute Gasteiger partial charge is 0.189 e. The average Bonchev–Trinajstić information content (AvgIpc) is 2.24. The summed E-state index contributed by atoms with van der Waals surface area (Å²) in [4.78, 5) is -0.758. The molecule has 0 unspecified atom stereocenters. The Morgan fingerprint density at radius 2 is 1.44 bits per heavy atom. The van der Waals surface area contributed by atoms with Gasteiger partial charge in [0.15, 0.2) is 0 Å². The van der Waals surface area contributed by atoms with Gasteiger partial charge in [-0.1, -0.05) is 24.3 Å². The summed E-state index contributed by atoms with van der Waals surface area (Å²) in [7, 11) is -5.06. The van der Waals surface area contributed by atoms with Gasteiger partial charge in [-0.25, -0.2) is 0 Å². The van der Waals surface area contributed by atoms with Crippen LogP contribution in [-0.4, -0.2) is 8.42 Å². The summed E-state index contributed by atoms with van der Waals surface area (Å²) in [5.74, 6) is 0. The summed E-state index contributed by atoms with van der Waals surface area (Å²) < 4.78 is 72.8. The summed E-state index contributed by atoms with van der Waals surface area (Å²) in [5.41, 5.74) is -0.995. The third-order valence-corrected chi connectivity index (χ3v) is 3.33. The Morgan fingerprint density at radius 1 is 0.889 bits per heavy atom. The van der Waals surface area contributed by atoms with E-state index in [1.165, 1.54) is 0 Å². The Bertz CT molecular complexity index is 705. The monoisotopic (exact) mass is 278 g/mol. The number of rotatable bonds is 1. The second kappa shape index (κ2) is 3.94. The van der Waals surface area contributed by atoms with Crippen LogP contribution in [0.3, 0.4) is 0 Å². The first-order valence-electron chi connectivity index (χ1n) is 4.75. The van der Waals surface area contributed by atoms with Gasteiger partial charge in [0, 0.05) is 5.39 Å². The van der Waals surface area contributed by atoms with E-state index in [9.17, 15) is 25.5 Å². The molecule has 0 aliphatic heterocycles. The molecule has 0 spiro atoms. The molecule has 0 aliphatic carbocycles. The highest BCUT2D eigenvalue weighted by atomic mass is 32.3. The van der Waals surface area contributed by atoms with Gasteiger partial charge in [0.05, 0.1) is 5.56 Å². The van der Waals surface area contributed by atoms with Crippen molar-refractivity contribution in [3.8, 4) is 0 Å². The predicted molar refractivity (Wildman–Crippen MR) is 57.2 cm³/mol. The van der Waals surface area contributed by atoms with Crippen molar-refractivity contribution in [2.75, 3.05) is 0 Å². The summed E-state index contributed by atoms with van der Waals surface area (Å²) in [6, 6.07) is 6.10. The van der Waals surface area contributed by atoms with Crippen molar-refractivity contribution in [3.05, 3.63) is 42.0 Å². The lowest BCUT2D eigenvalue weighted by Gasteiger charge is -2.11. The largest absolute Gasteiger partial charge is 0.417 e. The first-order chi connectivity index (χ1) is 8.21. The molecule has 0 N–H and O–H groups in total. The van der Waals surface area contributed by atoms with E-state index in [1.54, 1.807) is 0 Å². The molecular weight excluding hydrogens is 272 g/mol. The minimum atomic E-state index is -5.06. The van der Waals surface area contributed by atoms with Crippen LogP contribution in [0.2, 0.25) is 0 Å². The zero-order valence-corrected chi connectivity index (χ0v) is 9.52. The highest BCUT2D eigenvalue weighted by Gasteiger charge is 2.33. The molecule has 0 aliphatic rings. The highest BCUT2D eigenvalue weighted by molar-refractivity contribution is 7.86. The van der Waals surface area contributed by atoms with Gasteiger partial charge in [-0.05, 0) is 17.5 Å². The summed E-state index contributed by atoms with van der Waals surface area (Å²) >= 11 is 0. The minimum Gasteiger partial charge on any atom is -0.189 e. The maximum atomic E-state index is 13.0. The van der Waals surface area contributed by atoms with Gasteiger partial charge < -0.3 is 0 Å². The molecule has 96 valence electrons. The van der Waals surface area contributed by atoms with Crippen LogP contribution < -0.4 is 0 Å². The second-order valence-electron chi connectivity index (χ2n) is 3.59. The molecule has 2 aromatic carbocycles. The molecule has 0 bridgehead atoms. The molecule has 0 saturated heterocycles. The van der Waals surface area contributed by atoms with Crippen molar-refractivity contribution in [2.45, 2.75) is 11.1 Å². The molecule has 2 nitrogen and oxygen atoms in total.